The Balaban J connectivity index is 2.31. The van der Waals surface area contributed by atoms with E-state index >= 15 is 0 Å². The predicted octanol–water partition coefficient (Wildman–Crippen LogP) is 3.41. The maximum atomic E-state index is 13.0. The van der Waals surface area contributed by atoms with Crippen molar-refractivity contribution in [3.05, 3.63) is 40.3 Å². The summed E-state index contributed by atoms with van der Waals surface area (Å²) < 4.78 is 44.3. The van der Waals surface area contributed by atoms with Crippen LogP contribution in [0.2, 0.25) is 0 Å². The summed E-state index contributed by atoms with van der Waals surface area (Å²) in [6.45, 7) is 0. The number of rotatable bonds is 3. The molecule has 0 saturated carbocycles. The first-order chi connectivity index (χ1) is 9.01. The summed E-state index contributed by atoms with van der Waals surface area (Å²) in [5.74, 6) is -3.82. The number of halogens is 4. The Hall–Kier alpha value is -1.83. The van der Waals surface area contributed by atoms with Gasteiger partial charge in [0.15, 0.2) is 17.5 Å². The molecule has 8 heteroatoms. The zero-order chi connectivity index (χ0) is 14.0. The second-order valence-corrected chi connectivity index (χ2v) is 4.28. The average Bonchev–Trinajstić information content (AvgIpc) is 2.38. The molecule has 1 heterocycles. The molecule has 0 saturated heterocycles. The Kier molecular flexibility index (Phi) is 3.89. The zero-order valence-electron chi connectivity index (χ0n) is 9.55. The average molecular weight is 334 g/mol. The molecule has 2 aromatic rings. The van der Waals surface area contributed by atoms with Crippen molar-refractivity contribution in [2.45, 2.75) is 0 Å². The van der Waals surface area contributed by atoms with Gasteiger partial charge in [0, 0.05) is 17.8 Å². The van der Waals surface area contributed by atoms with Crippen LogP contribution in [-0.2, 0) is 0 Å². The summed E-state index contributed by atoms with van der Waals surface area (Å²) in [4.78, 5) is 7.81. The highest BCUT2D eigenvalue weighted by Crippen LogP contribution is 2.24. The van der Waals surface area contributed by atoms with E-state index in [0.717, 1.165) is 12.1 Å². The van der Waals surface area contributed by atoms with Crippen molar-refractivity contribution in [3.8, 4) is 5.88 Å². The van der Waals surface area contributed by atoms with Crippen LogP contribution in [0.15, 0.2) is 22.8 Å². The summed E-state index contributed by atoms with van der Waals surface area (Å²) in [6.07, 6.45) is 1.41. The minimum atomic E-state index is -1.53. The van der Waals surface area contributed by atoms with Gasteiger partial charge >= 0.3 is 0 Å². The van der Waals surface area contributed by atoms with Gasteiger partial charge < -0.3 is 10.1 Å². The van der Waals surface area contributed by atoms with Crippen molar-refractivity contribution in [1.82, 2.24) is 9.97 Å². The molecule has 0 unspecified atom stereocenters. The minimum absolute atomic E-state index is 0.0132. The lowest BCUT2D eigenvalue weighted by molar-refractivity contribution is 0.394. The molecule has 4 nitrogen and oxygen atoms in total. The van der Waals surface area contributed by atoms with Crippen molar-refractivity contribution in [1.29, 1.82) is 0 Å². The third-order valence-corrected chi connectivity index (χ3v) is 2.69. The topological polar surface area (TPSA) is 47.0 Å². The monoisotopic (exact) mass is 333 g/mol. The van der Waals surface area contributed by atoms with Crippen LogP contribution in [0.3, 0.4) is 0 Å². The van der Waals surface area contributed by atoms with E-state index in [4.69, 9.17) is 4.74 Å². The smallest absolute Gasteiger partial charge is 0.232 e. The van der Waals surface area contributed by atoms with Gasteiger partial charge in [-0.2, -0.15) is 4.98 Å². The van der Waals surface area contributed by atoms with Crippen molar-refractivity contribution in [3.63, 3.8) is 0 Å². The molecule has 2 rings (SSSR count). The Morgan fingerprint density at radius 3 is 2.42 bits per heavy atom. The first-order valence-electron chi connectivity index (χ1n) is 4.99. The van der Waals surface area contributed by atoms with Gasteiger partial charge in [-0.3, -0.25) is 0 Å². The largest absolute Gasteiger partial charge is 0.480 e. The molecule has 0 aliphatic carbocycles. The fourth-order valence-electron chi connectivity index (χ4n) is 1.31. The van der Waals surface area contributed by atoms with Gasteiger partial charge in [-0.25, -0.2) is 18.2 Å². The van der Waals surface area contributed by atoms with Gasteiger partial charge in [0.1, 0.15) is 0 Å². The highest BCUT2D eigenvalue weighted by atomic mass is 79.9. The fourth-order valence-corrected chi connectivity index (χ4v) is 1.66. The lowest BCUT2D eigenvalue weighted by atomic mass is 10.3. The van der Waals surface area contributed by atoms with Crippen molar-refractivity contribution in [2.75, 3.05) is 12.4 Å². The number of aromatic nitrogens is 2. The van der Waals surface area contributed by atoms with Gasteiger partial charge in [-0.1, -0.05) is 0 Å². The first kappa shape index (κ1) is 13.6. The van der Waals surface area contributed by atoms with Crippen molar-refractivity contribution < 1.29 is 17.9 Å². The second kappa shape index (κ2) is 5.43. The van der Waals surface area contributed by atoms with Crippen LogP contribution in [0.25, 0.3) is 0 Å². The van der Waals surface area contributed by atoms with Gasteiger partial charge in [0.05, 0.1) is 17.8 Å². The molecule has 0 amide bonds. The minimum Gasteiger partial charge on any atom is -0.480 e. The van der Waals surface area contributed by atoms with E-state index in [-0.39, 0.29) is 17.5 Å². The molecule has 0 bridgehead atoms. The van der Waals surface area contributed by atoms with Gasteiger partial charge in [0.2, 0.25) is 11.8 Å². The van der Waals surface area contributed by atoms with Crippen LogP contribution in [0.5, 0.6) is 5.88 Å². The molecule has 100 valence electrons. The normalized spacial score (nSPS) is 10.4. The molecule has 0 atom stereocenters. The quantitative estimate of drug-likeness (QED) is 0.874. The van der Waals surface area contributed by atoms with E-state index < -0.39 is 17.5 Å². The number of nitrogens with one attached hydrogen (secondary N) is 1. The maximum Gasteiger partial charge on any atom is 0.232 e. The van der Waals surface area contributed by atoms with Crippen LogP contribution < -0.4 is 10.1 Å². The predicted molar refractivity (Wildman–Crippen MR) is 65.9 cm³/mol. The number of hydrogen-bond donors (Lipinski definition) is 1. The molecule has 0 aliphatic rings. The molecule has 0 aliphatic heterocycles. The Labute approximate surface area is 114 Å². The van der Waals surface area contributed by atoms with E-state index in [1.807, 2.05) is 0 Å². The van der Waals surface area contributed by atoms with Crippen molar-refractivity contribution in [2.24, 2.45) is 0 Å². The second-order valence-electron chi connectivity index (χ2n) is 3.43. The molecule has 0 spiro atoms. The van der Waals surface area contributed by atoms with E-state index in [9.17, 15) is 13.2 Å². The van der Waals surface area contributed by atoms with Crippen LogP contribution in [0, 0.1) is 17.5 Å². The van der Waals surface area contributed by atoms with Crippen LogP contribution in [-0.4, -0.2) is 17.1 Å². The number of methoxy groups -OCH3 is 1. The first-order valence-corrected chi connectivity index (χ1v) is 5.78. The van der Waals surface area contributed by atoms with Crippen LogP contribution in [0.1, 0.15) is 0 Å². The molecular formula is C11H7BrF3N3O. The third kappa shape index (κ3) is 2.95. The van der Waals surface area contributed by atoms with Crippen LogP contribution >= 0.6 is 15.9 Å². The Morgan fingerprint density at radius 2 is 1.84 bits per heavy atom. The molecule has 1 aromatic heterocycles. The molecule has 1 aromatic carbocycles. The number of nitrogens with zero attached hydrogens (tertiary/aromatic N) is 2. The lowest BCUT2D eigenvalue weighted by Gasteiger charge is -2.07. The van der Waals surface area contributed by atoms with E-state index in [2.05, 4.69) is 31.2 Å². The van der Waals surface area contributed by atoms with Gasteiger partial charge in [0.25, 0.3) is 0 Å². The third-order valence-electron chi connectivity index (χ3n) is 2.15. The molecule has 19 heavy (non-hydrogen) atoms. The number of anilines is 2. The fraction of sp³-hybridized carbons (Fsp3) is 0.0909. The van der Waals surface area contributed by atoms with E-state index in [1.54, 1.807) is 0 Å². The highest BCUT2D eigenvalue weighted by Gasteiger charge is 2.12. The summed E-state index contributed by atoms with van der Waals surface area (Å²) >= 11 is 3.16. The van der Waals surface area contributed by atoms with Crippen LogP contribution in [0.4, 0.5) is 24.8 Å². The summed E-state index contributed by atoms with van der Waals surface area (Å²) in [6, 6.07) is 1.60. The molecule has 0 radical (unpaired) electrons. The summed E-state index contributed by atoms with van der Waals surface area (Å²) in [5.41, 5.74) is -0.0132. The summed E-state index contributed by atoms with van der Waals surface area (Å²) in [5, 5.41) is 2.54. The van der Waals surface area contributed by atoms with Crippen molar-refractivity contribution >= 4 is 27.6 Å². The van der Waals surface area contributed by atoms with Gasteiger partial charge in [-0.15, -0.1) is 0 Å². The zero-order valence-corrected chi connectivity index (χ0v) is 11.1. The molecular weight excluding hydrogens is 327 g/mol. The number of ether oxygens (including phenoxy) is 1. The molecule has 1 N–H and O–H groups in total. The summed E-state index contributed by atoms with van der Waals surface area (Å²) in [7, 11) is 1.41. The Bertz CT molecular complexity index is 601. The highest BCUT2D eigenvalue weighted by molar-refractivity contribution is 9.10. The lowest BCUT2D eigenvalue weighted by Crippen LogP contribution is -2.01. The SMILES string of the molecule is COc1nc(Nc2cc(F)c(F)c(F)c2)ncc1Br. The standard InChI is InChI=1S/C11H7BrF3N3O/c1-19-10-6(12)4-16-11(18-10)17-5-2-7(13)9(15)8(14)3-5/h2-4H,1H3,(H,16,17,18). The van der Waals surface area contributed by atoms with E-state index in [1.165, 1.54) is 13.3 Å². The number of benzene rings is 1. The molecule has 0 fully saturated rings. The van der Waals surface area contributed by atoms with E-state index in [0.29, 0.717) is 4.47 Å². The Morgan fingerprint density at radius 1 is 1.21 bits per heavy atom. The maximum absolute atomic E-state index is 13.0. The van der Waals surface area contributed by atoms with Gasteiger partial charge in [-0.05, 0) is 15.9 Å². The number of hydrogen-bond acceptors (Lipinski definition) is 4.